The third-order valence-electron chi connectivity index (χ3n) is 3.11. The van der Waals surface area contributed by atoms with Crippen molar-refractivity contribution in [3.63, 3.8) is 0 Å². The molecule has 0 saturated carbocycles. The Bertz CT molecular complexity index is 417. The second-order valence-corrected chi connectivity index (χ2v) is 4.21. The topological polar surface area (TPSA) is 60.8 Å². The molecule has 0 amide bonds. The fourth-order valence-corrected chi connectivity index (χ4v) is 2.32. The van der Waals surface area contributed by atoms with E-state index in [1.165, 1.54) is 0 Å². The summed E-state index contributed by atoms with van der Waals surface area (Å²) in [6.07, 6.45) is 0.853. The van der Waals surface area contributed by atoms with Crippen LogP contribution < -0.4 is 4.90 Å². The largest absolute Gasteiger partial charge is 0.508 e. The monoisotopic (exact) mass is 221 g/mol. The number of aromatic hydroxyl groups is 1. The molecule has 2 rings (SSSR count). The van der Waals surface area contributed by atoms with Crippen LogP contribution in [0.5, 0.6) is 5.75 Å². The van der Waals surface area contributed by atoms with Crippen molar-refractivity contribution in [2.45, 2.75) is 18.8 Å². The predicted molar refractivity (Wildman–Crippen MR) is 61.0 cm³/mol. The maximum Gasteiger partial charge on any atom is 0.303 e. The lowest BCUT2D eigenvalue weighted by atomic mass is 9.87. The van der Waals surface area contributed by atoms with Crippen molar-refractivity contribution in [2.75, 3.05) is 18.5 Å². The van der Waals surface area contributed by atoms with Crippen LogP contribution in [0.2, 0.25) is 0 Å². The second kappa shape index (κ2) is 4.04. The van der Waals surface area contributed by atoms with Gasteiger partial charge < -0.3 is 15.1 Å². The molecule has 1 aliphatic heterocycles. The molecule has 86 valence electrons. The normalized spacial score (nSPS) is 19.3. The van der Waals surface area contributed by atoms with Crippen LogP contribution in [0.25, 0.3) is 0 Å². The van der Waals surface area contributed by atoms with Gasteiger partial charge in [0.2, 0.25) is 0 Å². The molecule has 2 N–H and O–H groups in total. The van der Waals surface area contributed by atoms with Gasteiger partial charge in [0.05, 0.1) is 6.42 Å². The minimum atomic E-state index is -0.816. The molecule has 0 aromatic heterocycles. The highest BCUT2D eigenvalue weighted by Gasteiger charge is 2.27. The molecule has 1 heterocycles. The van der Waals surface area contributed by atoms with Crippen molar-refractivity contribution in [1.29, 1.82) is 0 Å². The van der Waals surface area contributed by atoms with E-state index in [1.807, 2.05) is 18.0 Å². The average molecular weight is 221 g/mol. The summed E-state index contributed by atoms with van der Waals surface area (Å²) in [7, 11) is 1.95. The number of benzene rings is 1. The third kappa shape index (κ3) is 1.83. The van der Waals surface area contributed by atoms with E-state index in [4.69, 9.17) is 5.11 Å². The van der Waals surface area contributed by atoms with E-state index >= 15 is 0 Å². The first kappa shape index (κ1) is 10.8. The number of hydrogen-bond donors (Lipinski definition) is 2. The van der Waals surface area contributed by atoms with Gasteiger partial charge in [0.1, 0.15) is 5.75 Å². The maximum absolute atomic E-state index is 10.8. The number of nitrogens with zero attached hydrogens (tertiary/aromatic N) is 1. The number of carbonyl (C=O) groups is 1. The summed E-state index contributed by atoms with van der Waals surface area (Å²) >= 11 is 0. The molecule has 4 heteroatoms. The van der Waals surface area contributed by atoms with E-state index in [0.717, 1.165) is 24.2 Å². The number of aliphatic carboxylic acids is 1. The van der Waals surface area contributed by atoms with Crippen LogP contribution in [0.3, 0.4) is 0 Å². The first-order chi connectivity index (χ1) is 7.59. The number of anilines is 1. The quantitative estimate of drug-likeness (QED) is 0.799. The molecule has 1 aromatic rings. The number of carboxylic acid groups (broad SMARTS) is 1. The van der Waals surface area contributed by atoms with Gasteiger partial charge in [0.25, 0.3) is 0 Å². The molecule has 1 aliphatic rings. The van der Waals surface area contributed by atoms with Crippen LogP contribution in [-0.4, -0.2) is 29.8 Å². The molecule has 1 aromatic carbocycles. The first-order valence-corrected chi connectivity index (χ1v) is 5.34. The van der Waals surface area contributed by atoms with E-state index in [9.17, 15) is 9.90 Å². The smallest absolute Gasteiger partial charge is 0.303 e. The Kier molecular flexibility index (Phi) is 2.73. The molecular weight excluding hydrogens is 206 g/mol. The Hall–Kier alpha value is -1.71. The Morgan fingerprint density at radius 3 is 3.00 bits per heavy atom. The molecule has 0 bridgehead atoms. The summed E-state index contributed by atoms with van der Waals surface area (Å²) in [4.78, 5) is 12.8. The van der Waals surface area contributed by atoms with E-state index in [1.54, 1.807) is 12.1 Å². The molecule has 0 spiro atoms. The van der Waals surface area contributed by atoms with Gasteiger partial charge in [-0.25, -0.2) is 0 Å². The first-order valence-electron chi connectivity index (χ1n) is 5.34. The summed E-state index contributed by atoms with van der Waals surface area (Å²) in [5.74, 6) is -0.691. The van der Waals surface area contributed by atoms with Crippen LogP contribution in [0, 0.1) is 0 Å². The highest BCUT2D eigenvalue weighted by atomic mass is 16.4. The van der Waals surface area contributed by atoms with Gasteiger partial charge in [-0.3, -0.25) is 4.79 Å². The minimum Gasteiger partial charge on any atom is -0.508 e. The Balaban J connectivity index is 2.42. The van der Waals surface area contributed by atoms with Gasteiger partial charge in [-0.15, -0.1) is 0 Å². The zero-order chi connectivity index (χ0) is 11.7. The Morgan fingerprint density at radius 1 is 1.56 bits per heavy atom. The molecular formula is C12H15NO3. The van der Waals surface area contributed by atoms with Gasteiger partial charge in [0.15, 0.2) is 0 Å². The average Bonchev–Trinajstić information content (AvgIpc) is 2.22. The van der Waals surface area contributed by atoms with Crippen LogP contribution >= 0.6 is 0 Å². The van der Waals surface area contributed by atoms with E-state index in [2.05, 4.69) is 0 Å². The molecule has 4 nitrogen and oxygen atoms in total. The van der Waals surface area contributed by atoms with E-state index < -0.39 is 5.97 Å². The summed E-state index contributed by atoms with van der Waals surface area (Å²) < 4.78 is 0. The third-order valence-corrected chi connectivity index (χ3v) is 3.11. The van der Waals surface area contributed by atoms with Crippen molar-refractivity contribution in [3.8, 4) is 5.75 Å². The molecule has 0 fully saturated rings. The number of phenols is 1. The zero-order valence-electron chi connectivity index (χ0n) is 9.18. The Labute approximate surface area is 94.1 Å². The number of hydrogen-bond acceptors (Lipinski definition) is 3. The lowest BCUT2D eigenvalue weighted by Gasteiger charge is -2.33. The Morgan fingerprint density at radius 2 is 2.31 bits per heavy atom. The fraction of sp³-hybridized carbons (Fsp3) is 0.417. The second-order valence-electron chi connectivity index (χ2n) is 4.21. The summed E-state index contributed by atoms with van der Waals surface area (Å²) in [6, 6.07) is 5.32. The highest BCUT2D eigenvalue weighted by molar-refractivity contribution is 5.71. The zero-order valence-corrected chi connectivity index (χ0v) is 9.18. The van der Waals surface area contributed by atoms with Crippen molar-refractivity contribution < 1.29 is 15.0 Å². The molecule has 0 saturated heterocycles. The van der Waals surface area contributed by atoms with Gasteiger partial charge in [-0.05, 0) is 18.6 Å². The summed E-state index contributed by atoms with van der Waals surface area (Å²) in [6.45, 7) is 0.828. The molecule has 0 radical (unpaired) electrons. The molecule has 1 atom stereocenters. The van der Waals surface area contributed by atoms with Gasteiger partial charge >= 0.3 is 5.97 Å². The number of carboxylic acids is 1. The van der Waals surface area contributed by atoms with Crippen LogP contribution in [0.15, 0.2) is 18.2 Å². The number of rotatable bonds is 2. The molecule has 1 unspecified atom stereocenters. The summed E-state index contributed by atoms with van der Waals surface area (Å²) in [5.41, 5.74) is 1.72. The van der Waals surface area contributed by atoms with Gasteiger partial charge in [-0.2, -0.15) is 0 Å². The molecule has 16 heavy (non-hydrogen) atoms. The molecule has 0 aliphatic carbocycles. The van der Waals surface area contributed by atoms with Crippen LogP contribution in [-0.2, 0) is 4.79 Å². The van der Waals surface area contributed by atoms with Gasteiger partial charge in [-0.1, -0.05) is 6.07 Å². The lowest BCUT2D eigenvalue weighted by molar-refractivity contribution is -0.137. The predicted octanol–water partition coefficient (Wildman–Crippen LogP) is 1.79. The SMILES string of the molecule is CN1CCC(CC(=O)O)c2c(O)cccc21. The highest BCUT2D eigenvalue weighted by Crippen LogP contribution is 2.41. The van der Waals surface area contributed by atoms with Crippen molar-refractivity contribution in [3.05, 3.63) is 23.8 Å². The standard InChI is InChI=1S/C12H15NO3/c1-13-6-5-8(7-11(15)16)12-9(13)3-2-4-10(12)14/h2-4,8,14H,5-7H2,1H3,(H,15,16). The fourth-order valence-electron chi connectivity index (χ4n) is 2.32. The maximum atomic E-state index is 10.8. The van der Waals surface area contributed by atoms with Crippen LogP contribution in [0.1, 0.15) is 24.3 Å². The van der Waals surface area contributed by atoms with E-state index in [0.29, 0.717) is 0 Å². The van der Waals surface area contributed by atoms with Gasteiger partial charge in [0, 0.05) is 30.8 Å². The van der Waals surface area contributed by atoms with Crippen molar-refractivity contribution >= 4 is 11.7 Å². The number of phenolic OH excluding ortho intramolecular Hbond substituents is 1. The summed E-state index contributed by atoms with van der Waals surface area (Å²) in [5, 5.41) is 18.7. The van der Waals surface area contributed by atoms with Crippen molar-refractivity contribution in [2.24, 2.45) is 0 Å². The lowest BCUT2D eigenvalue weighted by Crippen LogP contribution is -2.28. The number of fused-ring (bicyclic) bond motifs is 1. The van der Waals surface area contributed by atoms with E-state index in [-0.39, 0.29) is 18.1 Å². The minimum absolute atomic E-state index is 0.0788. The van der Waals surface area contributed by atoms with Crippen LogP contribution in [0.4, 0.5) is 5.69 Å². The van der Waals surface area contributed by atoms with Crippen molar-refractivity contribution in [1.82, 2.24) is 0 Å².